The second-order valence-corrected chi connectivity index (χ2v) is 4.96. The zero-order valence-electron chi connectivity index (χ0n) is 9.57. The summed E-state index contributed by atoms with van der Waals surface area (Å²) in [6.07, 6.45) is 0. The monoisotopic (exact) mass is 268 g/mol. The van der Waals surface area contributed by atoms with Gasteiger partial charge in [0.25, 0.3) is 0 Å². The molecule has 0 bridgehead atoms. The van der Waals surface area contributed by atoms with Gasteiger partial charge in [-0.05, 0) is 31.2 Å². The number of aryl methyl sites for hydroxylation is 1. The van der Waals surface area contributed by atoms with Gasteiger partial charge in [-0.25, -0.2) is 4.39 Å². The Balaban J connectivity index is 2.04. The number of hydrogen-bond acceptors (Lipinski definition) is 3. The lowest BCUT2D eigenvalue weighted by molar-refractivity contribution is 0.0922. The highest BCUT2D eigenvalue weighted by Gasteiger charge is 2.12. The van der Waals surface area contributed by atoms with Gasteiger partial charge in [-0.15, -0.1) is 11.3 Å². The third kappa shape index (κ3) is 2.73. The third-order valence-electron chi connectivity index (χ3n) is 2.29. The van der Waals surface area contributed by atoms with Crippen LogP contribution in [0.1, 0.15) is 14.5 Å². The number of hydrogen-bond donors (Lipinski definition) is 0. The summed E-state index contributed by atoms with van der Waals surface area (Å²) in [6, 6.07) is 7.11. The number of benzene rings is 1. The standard InChI is InChI=1S/C13H10F2O2S/c1-8-5-6-12(18-8)10(16)7-17-11-4-2-3-9(14)13(11)15/h2-6H,7H2,1H3. The zero-order chi connectivity index (χ0) is 13.1. The van der Waals surface area contributed by atoms with Gasteiger partial charge in [-0.3, -0.25) is 4.79 Å². The third-order valence-corrected chi connectivity index (χ3v) is 3.33. The van der Waals surface area contributed by atoms with Crippen molar-refractivity contribution in [2.24, 2.45) is 0 Å². The lowest BCUT2D eigenvalue weighted by atomic mass is 10.3. The van der Waals surface area contributed by atoms with Crippen LogP contribution in [0.15, 0.2) is 30.3 Å². The van der Waals surface area contributed by atoms with Crippen LogP contribution in [0.3, 0.4) is 0 Å². The topological polar surface area (TPSA) is 26.3 Å². The summed E-state index contributed by atoms with van der Waals surface area (Å²) in [4.78, 5) is 13.3. The second kappa shape index (κ2) is 5.27. The van der Waals surface area contributed by atoms with E-state index in [1.807, 2.05) is 13.0 Å². The quantitative estimate of drug-likeness (QED) is 0.792. The van der Waals surface area contributed by atoms with Crippen molar-refractivity contribution >= 4 is 17.1 Å². The molecule has 2 aromatic rings. The number of thiophene rings is 1. The largest absolute Gasteiger partial charge is 0.482 e. The highest BCUT2D eigenvalue weighted by molar-refractivity contribution is 7.14. The molecule has 0 atom stereocenters. The molecule has 0 N–H and O–H groups in total. The molecule has 2 nitrogen and oxygen atoms in total. The molecular weight excluding hydrogens is 258 g/mol. The molecule has 0 aliphatic heterocycles. The fourth-order valence-corrected chi connectivity index (χ4v) is 2.19. The molecule has 0 aliphatic carbocycles. The number of carbonyl (C=O) groups is 1. The molecule has 1 aromatic carbocycles. The molecule has 0 saturated carbocycles. The Morgan fingerprint density at radius 3 is 2.72 bits per heavy atom. The fourth-order valence-electron chi connectivity index (χ4n) is 1.39. The van der Waals surface area contributed by atoms with Gasteiger partial charge in [-0.1, -0.05) is 6.07 Å². The number of ketones is 1. The molecule has 1 heterocycles. The Bertz CT molecular complexity index is 578. The Morgan fingerprint density at radius 2 is 2.06 bits per heavy atom. The van der Waals surface area contributed by atoms with Crippen molar-refractivity contribution in [3.63, 3.8) is 0 Å². The van der Waals surface area contributed by atoms with Gasteiger partial charge in [0.1, 0.15) is 0 Å². The summed E-state index contributed by atoms with van der Waals surface area (Å²) in [7, 11) is 0. The van der Waals surface area contributed by atoms with E-state index >= 15 is 0 Å². The minimum atomic E-state index is -1.08. The van der Waals surface area contributed by atoms with Crippen molar-refractivity contribution in [2.75, 3.05) is 6.61 Å². The van der Waals surface area contributed by atoms with Crippen molar-refractivity contribution in [1.82, 2.24) is 0 Å². The summed E-state index contributed by atoms with van der Waals surface area (Å²) in [5.41, 5.74) is 0. The molecule has 2 rings (SSSR count). The maximum absolute atomic E-state index is 13.2. The average Bonchev–Trinajstić information content (AvgIpc) is 2.77. The molecule has 18 heavy (non-hydrogen) atoms. The van der Waals surface area contributed by atoms with Crippen LogP contribution < -0.4 is 4.74 Å². The maximum Gasteiger partial charge on any atom is 0.210 e. The van der Waals surface area contributed by atoms with Gasteiger partial charge < -0.3 is 4.74 Å². The molecule has 0 radical (unpaired) electrons. The Labute approximate surface area is 107 Å². The summed E-state index contributed by atoms with van der Waals surface area (Å²) >= 11 is 1.34. The Hall–Kier alpha value is -1.75. The van der Waals surface area contributed by atoms with Crippen LogP contribution in [0.25, 0.3) is 0 Å². The van der Waals surface area contributed by atoms with E-state index in [1.54, 1.807) is 6.07 Å². The first-order valence-corrected chi connectivity index (χ1v) is 6.06. The van der Waals surface area contributed by atoms with E-state index in [1.165, 1.54) is 23.5 Å². The van der Waals surface area contributed by atoms with E-state index in [0.717, 1.165) is 10.9 Å². The first kappa shape index (κ1) is 12.7. The molecule has 0 fully saturated rings. The van der Waals surface area contributed by atoms with Crippen LogP contribution >= 0.6 is 11.3 Å². The van der Waals surface area contributed by atoms with Gasteiger partial charge in [0.05, 0.1) is 4.88 Å². The van der Waals surface area contributed by atoms with Gasteiger partial charge in [0, 0.05) is 4.88 Å². The molecule has 0 saturated heterocycles. The van der Waals surface area contributed by atoms with Gasteiger partial charge in [0.2, 0.25) is 11.6 Å². The molecule has 94 valence electrons. The lowest BCUT2D eigenvalue weighted by Gasteiger charge is -2.05. The van der Waals surface area contributed by atoms with Crippen LogP contribution in [0.4, 0.5) is 8.78 Å². The van der Waals surface area contributed by atoms with Crippen LogP contribution in [-0.2, 0) is 0 Å². The number of ether oxygens (including phenoxy) is 1. The van der Waals surface area contributed by atoms with E-state index in [0.29, 0.717) is 4.88 Å². The van der Waals surface area contributed by atoms with E-state index in [2.05, 4.69) is 0 Å². The van der Waals surface area contributed by atoms with Gasteiger partial charge >= 0.3 is 0 Å². The first-order chi connectivity index (χ1) is 8.58. The Morgan fingerprint density at radius 1 is 1.28 bits per heavy atom. The summed E-state index contributed by atoms with van der Waals surface area (Å²) in [6.45, 7) is 1.58. The molecule has 5 heteroatoms. The highest BCUT2D eigenvalue weighted by atomic mass is 32.1. The lowest BCUT2D eigenvalue weighted by Crippen LogP contribution is -2.11. The van der Waals surface area contributed by atoms with Crippen molar-refractivity contribution in [3.8, 4) is 5.75 Å². The van der Waals surface area contributed by atoms with Crippen molar-refractivity contribution in [1.29, 1.82) is 0 Å². The normalized spacial score (nSPS) is 10.4. The minimum Gasteiger partial charge on any atom is -0.482 e. The first-order valence-electron chi connectivity index (χ1n) is 5.24. The highest BCUT2D eigenvalue weighted by Crippen LogP contribution is 2.20. The van der Waals surface area contributed by atoms with E-state index in [4.69, 9.17) is 4.74 Å². The predicted molar refractivity (Wildman–Crippen MR) is 65.2 cm³/mol. The van der Waals surface area contributed by atoms with Gasteiger partial charge in [-0.2, -0.15) is 4.39 Å². The van der Waals surface area contributed by atoms with Gasteiger partial charge in [0.15, 0.2) is 18.2 Å². The van der Waals surface area contributed by atoms with Crippen molar-refractivity contribution in [2.45, 2.75) is 6.92 Å². The molecule has 0 amide bonds. The summed E-state index contributed by atoms with van der Waals surface area (Å²) in [5.74, 6) is -2.58. The van der Waals surface area contributed by atoms with Crippen molar-refractivity contribution < 1.29 is 18.3 Å². The van der Waals surface area contributed by atoms with E-state index < -0.39 is 11.6 Å². The van der Waals surface area contributed by atoms with Crippen LogP contribution in [0.5, 0.6) is 5.75 Å². The van der Waals surface area contributed by atoms with Crippen LogP contribution in [0, 0.1) is 18.6 Å². The molecule has 0 spiro atoms. The van der Waals surface area contributed by atoms with Crippen LogP contribution in [0.2, 0.25) is 0 Å². The number of halogens is 2. The predicted octanol–water partition coefficient (Wildman–Crippen LogP) is 3.60. The van der Waals surface area contributed by atoms with Crippen LogP contribution in [-0.4, -0.2) is 12.4 Å². The zero-order valence-corrected chi connectivity index (χ0v) is 10.4. The Kier molecular flexibility index (Phi) is 3.72. The molecular formula is C13H10F2O2S. The number of carbonyl (C=O) groups excluding carboxylic acids is 1. The average molecular weight is 268 g/mol. The number of Topliss-reactive ketones (excluding diaryl/α,β-unsaturated/α-hetero) is 1. The van der Waals surface area contributed by atoms with Crippen molar-refractivity contribution in [3.05, 3.63) is 51.7 Å². The van der Waals surface area contributed by atoms with E-state index in [9.17, 15) is 13.6 Å². The maximum atomic E-state index is 13.2. The summed E-state index contributed by atoms with van der Waals surface area (Å²) in [5, 5.41) is 0. The number of rotatable bonds is 4. The fraction of sp³-hybridized carbons (Fsp3) is 0.154. The molecule has 0 unspecified atom stereocenters. The second-order valence-electron chi connectivity index (χ2n) is 3.67. The minimum absolute atomic E-state index is 0.253. The molecule has 0 aliphatic rings. The van der Waals surface area contributed by atoms with E-state index in [-0.39, 0.29) is 18.1 Å². The summed E-state index contributed by atoms with van der Waals surface area (Å²) < 4.78 is 31.1. The molecule has 1 aromatic heterocycles. The SMILES string of the molecule is Cc1ccc(C(=O)COc2cccc(F)c2F)s1. The smallest absolute Gasteiger partial charge is 0.210 e.